The summed E-state index contributed by atoms with van der Waals surface area (Å²) in [5, 5.41) is 12.3. The zero-order valence-corrected chi connectivity index (χ0v) is 20.2. The van der Waals surface area contributed by atoms with Gasteiger partial charge in [0, 0.05) is 24.5 Å². The Morgan fingerprint density at radius 1 is 1.03 bits per heavy atom. The minimum atomic E-state index is -0.455. The molecule has 6 heteroatoms. The second-order valence-corrected chi connectivity index (χ2v) is 7.66. The molecule has 0 heterocycles. The van der Waals surface area contributed by atoms with Gasteiger partial charge >= 0.3 is 0 Å². The van der Waals surface area contributed by atoms with E-state index in [2.05, 4.69) is 31.0 Å². The van der Waals surface area contributed by atoms with E-state index in [-0.39, 0.29) is 5.57 Å². The molecule has 176 valence electrons. The van der Waals surface area contributed by atoms with Crippen LogP contribution in [-0.4, -0.2) is 32.7 Å². The van der Waals surface area contributed by atoms with Gasteiger partial charge in [-0.1, -0.05) is 32.3 Å². The number of carbonyl (C=O) groups is 1. The summed E-state index contributed by atoms with van der Waals surface area (Å²) >= 11 is 0. The number of ether oxygens (including phenoxy) is 2. The number of benzene rings is 2. The molecular weight excluding hydrogens is 414 g/mol. The van der Waals surface area contributed by atoms with E-state index in [1.165, 1.54) is 12.8 Å². The van der Waals surface area contributed by atoms with Gasteiger partial charge < -0.3 is 19.7 Å². The summed E-state index contributed by atoms with van der Waals surface area (Å²) in [6.45, 7) is 8.83. The minimum Gasteiger partial charge on any atom is -0.493 e. The molecule has 0 aliphatic rings. The van der Waals surface area contributed by atoms with Gasteiger partial charge in [-0.3, -0.25) is 4.79 Å². The molecule has 2 aromatic carbocycles. The van der Waals surface area contributed by atoms with Crippen molar-refractivity contribution >= 4 is 23.4 Å². The summed E-state index contributed by atoms with van der Waals surface area (Å²) in [6, 6.07) is 15.0. The highest BCUT2D eigenvalue weighted by atomic mass is 16.5. The van der Waals surface area contributed by atoms with Crippen LogP contribution < -0.4 is 19.7 Å². The Labute approximate surface area is 197 Å². The van der Waals surface area contributed by atoms with E-state index in [0.29, 0.717) is 29.4 Å². The molecule has 0 aliphatic carbocycles. The first-order valence-corrected chi connectivity index (χ1v) is 11.6. The summed E-state index contributed by atoms with van der Waals surface area (Å²) in [6.07, 6.45) is 6.06. The van der Waals surface area contributed by atoms with Gasteiger partial charge in [0.05, 0.1) is 13.7 Å². The highest BCUT2D eigenvalue weighted by Gasteiger charge is 2.12. The monoisotopic (exact) mass is 449 g/mol. The quantitative estimate of drug-likeness (QED) is 0.229. The summed E-state index contributed by atoms with van der Waals surface area (Å²) in [4.78, 5) is 14.9. The molecule has 1 amide bonds. The molecule has 1 N–H and O–H groups in total. The van der Waals surface area contributed by atoms with Gasteiger partial charge in [0.15, 0.2) is 11.5 Å². The zero-order chi connectivity index (χ0) is 24.1. The van der Waals surface area contributed by atoms with Crippen LogP contribution in [0, 0.1) is 11.3 Å². The van der Waals surface area contributed by atoms with Gasteiger partial charge in [0.2, 0.25) is 0 Å². The van der Waals surface area contributed by atoms with Crippen molar-refractivity contribution in [2.24, 2.45) is 0 Å². The fraction of sp³-hybridized carbons (Fsp3) is 0.407. The highest BCUT2D eigenvalue weighted by molar-refractivity contribution is 6.09. The molecule has 0 bridgehead atoms. The normalized spacial score (nSPS) is 10.9. The number of nitriles is 1. The second-order valence-electron chi connectivity index (χ2n) is 7.66. The maximum absolute atomic E-state index is 12.7. The molecule has 0 spiro atoms. The Morgan fingerprint density at radius 3 is 2.36 bits per heavy atom. The number of hydrogen-bond donors (Lipinski definition) is 1. The smallest absolute Gasteiger partial charge is 0.266 e. The van der Waals surface area contributed by atoms with Crippen molar-refractivity contribution < 1.29 is 14.3 Å². The fourth-order valence-corrected chi connectivity index (χ4v) is 3.46. The van der Waals surface area contributed by atoms with Gasteiger partial charge in [-0.2, -0.15) is 5.26 Å². The fourth-order valence-electron chi connectivity index (χ4n) is 3.46. The third-order valence-corrected chi connectivity index (χ3v) is 5.37. The summed E-state index contributed by atoms with van der Waals surface area (Å²) < 4.78 is 11.3. The van der Waals surface area contributed by atoms with Crippen molar-refractivity contribution in [1.82, 2.24) is 0 Å². The van der Waals surface area contributed by atoms with Crippen molar-refractivity contribution in [2.45, 2.75) is 46.5 Å². The lowest BCUT2D eigenvalue weighted by molar-refractivity contribution is -0.112. The number of methoxy groups -OCH3 is 1. The average molecular weight is 450 g/mol. The SMILES string of the molecule is CCCCCCOc1ccc(/C=C(\C#N)C(=O)Nc2ccc(N(CC)CC)cc2)cc1OC. The predicted octanol–water partition coefficient (Wildman–Crippen LogP) is 6.05. The molecular formula is C27H35N3O3. The second kappa shape index (κ2) is 13.8. The average Bonchev–Trinajstić information content (AvgIpc) is 2.84. The van der Waals surface area contributed by atoms with E-state index in [9.17, 15) is 10.1 Å². The molecule has 0 saturated heterocycles. The molecule has 0 aliphatic heterocycles. The zero-order valence-electron chi connectivity index (χ0n) is 20.2. The van der Waals surface area contributed by atoms with Gasteiger partial charge in [-0.05, 0) is 68.3 Å². The Morgan fingerprint density at radius 2 is 1.76 bits per heavy atom. The molecule has 2 rings (SSSR count). The van der Waals surface area contributed by atoms with Crippen LogP contribution in [0.3, 0.4) is 0 Å². The number of nitrogens with one attached hydrogen (secondary N) is 1. The van der Waals surface area contributed by atoms with Crippen molar-refractivity contribution in [3.63, 3.8) is 0 Å². The van der Waals surface area contributed by atoms with E-state index >= 15 is 0 Å². The number of unbranched alkanes of at least 4 members (excludes halogenated alkanes) is 3. The van der Waals surface area contributed by atoms with Crippen molar-refractivity contribution in [3.8, 4) is 17.6 Å². The lowest BCUT2D eigenvalue weighted by Crippen LogP contribution is -2.21. The van der Waals surface area contributed by atoms with Gasteiger partial charge in [-0.15, -0.1) is 0 Å². The standard InChI is InChI=1S/C27H35N3O3/c1-5-8-9-10-17-33-25-16-11-21(19-26(25)32-4)18-22(20-28)27(31)29-23-12-14-24(15-13-23)30(6-2)7-3/h11-16,18-19H,5-10,17H2,1-4H3,(H,29,31)/b22-18+. The van der Waals surface area contributed by atoms with E-state index in [4.69, 9.17) is 9.47 Å². The molecule has 2 aromatic rings. The number of hydrogen-bond acceptors (Lipinski definition) is 5. The lowest BCUT2D eigenvalue weighted by Gasteiger charge is -2.21. The van der Waals surface area contributed by atoms with Crippen LogP contribution in [0.4, 0.5) is 11.4 Å². The van der Waals surface area contributed by atoms with E-state index in [1.54, 1.807) is 19.3 Å². The molecule has 33 heavy (non-hydrogen) atoms. The Kier molecular flexibility index (Phi) is 10.8. The minimum absolute atomic E-state index is 0.0121. The van der Waals surface area contributed by atoms with Crippen LogP contribution in [-0.2, 0) is 4.79 Å². The van der Waals surface area contributed by atoms with Gasteiger partial charge in [-0.25, -0.2) is 0 Å². The highest BCUT2D eigenvalue weighted by Crippen LogP contribution is 2.29. The third-order valence-electron chi connectivity index (χ3n) is 5.37. The van der Waals surface area contributed by atoms with Crippen LogP contribution >= 0.6 is 0 Å². The molecule has 0 saturated carbocycles. The van der Waals surface area contributed by atoms with E-state index in [1.807, 2.05) is 42.5 Å². The summed E-state index contributed by atoms with van der Waals surface area (Å²) in [7, 11) is 1.58. The largest absolute Gasteiger partial charge is 0.493 e. The number of rotatable bonds is 13. The molecule has 6 nitrogen and oxygen atoms in total. The number of anilines is 2. The number of carbonyl (C=O) groups excluding carboxylic acids is 1. The number of amides is 1. The maximum atomic E-state index is 12.7. The molecule has 0 fully saturated rings. The van der Waals surface area contributed by atoms with Crippen LogP contribution in [0.2, 0.25) is 0 Å². The topological polar surface area (TPSA) is 74.6 Å². The molecule has 0 radical (unpaired) electrons. The predicted molar refractivity (Wildman–Crippen MR) is 135 cm³/mol. The van der Waals surface area contributed by atoms with Crippen LogP contribution in [0.25, 0.3) is 6.08 Å². The number of nitrogens with zero attached hydrogens (tertiary/aromatic N) is 2. The Hall–Kier alpha value is -3.46. The van der Waals surface area contributed by atoms with Crippen molar-refractivity contribution in [3.05, 3.63) is 53.6 Å². The van der Waals surface area contributed by atoms with Crippen molar-refractivity contribution in [2.75, 3.05) is 37.0 Å². The van der Waals surface area contributed by atoms with Crippen molar-refractivity contribution in [1.29, 1.82) is 5.26 Å². The van der Waals surface area contributed by atoms with E-state index < -0.39 is 5.91 Å². The van der Waals surface area contributed by atoms with Crippen LogP contribution in [0.15, 0.2) is 48.0 Å². The lowest BCUT2D eigenvalue weighted by atomic mass is 10.1. The molecule has 0 atom stereocenters. The molecule has 0 unspecified atom stereocenters. The first kappa shape index (κ1) is 25.8. The summed E-state index contributed by atoms with van der Waals surface area (Å²) in [5.74, 6) is 0.773. The van der Waals surface area contributed by atoms with Gasteiger partial charge in [0.25, 0.3) is 5.91 Å². The van der Waals surface area contributed by atoms with Crippen LogP contribution in [0.1, 0.15) is 52.0 Å². The summed E-state index contributed by atoms with van der Waals surface area (Å²) in [5.41, 5.74) is 2.43. The third kappa shape index (κ3) is 7.87. The van der Waals surface area contributed by atoms with Crippen LogP contribution in [0.5, 0.6) is 11.5 Å². The molecule has 0 aromatic heterocycles. The first-order valence-electron chi connectivity index (χ1n) is 11.6. The Balaban J connectivity index is 2.08. The first-order chi connectivity index (χ1) is 16.1. The maximum Gasteiger partial charge on any atom is 0.266 e. The van der Waals surface area contributed by atoms with E-state index in [0.717, 1.165) is 31.6 Å². The Bertz CT molecular complexity index is 958. The van der Waals surface area contributed by atoms with Gasteiger partial charge in [0.1, 0.15) is 11.6 Å².